The lowest BCUT2D eigenvalue weighted by Crippen LogP contribution is -2.46. The van der Waals surface area contributed by atoms with Gasteiger partial charge in [0.05, 0.1) is 19.8 Å². The number of ketones is 1. The monoisotopic (exact) mass is 527 g/mol. The van der Waals surface area contributed by atoms with Gasteiger partial charge < -0.3 is 14.6 Å². The number of fused-ring (bicyclic) bond motifs is 3. The Morgan fingerprint density at radius 3 is 2.15 bits per heavy atom. The topological polar surface area (TPSA) is 93.1 Å². The van der Waals surface area contributed by atoms with E-state index in [0.717, 1.165) is 27.8 Å². The summed E-state index contributed by atoms with van der Waals surface area (Å²) in [5.74, 6) is -1.00. The standard InChI is InChI=1S/C32H33NO6/c1-38-30(36)32(21-34,18-22-10-3-2-4-11-22)19-29(35)28-16-9-17-33(28)31(37)39-20-27-25-14-7-5-12-23(25)24-13-6-8-15-26(24)27/h2-8,10-15,27-28,34H,9,16-21H2,1H3/t28-,32+/m0/s1. The van der Waals surface area contributed by atoms with E-state index in [-0.39, 0.29) is 31.1 Å². The number of nitrogens with zero attached hydrogens (tertiary/aromatic N) is 1. The molecule has 3 aromatic carbocycles. The Labute approximate surface area is 228 Å². The van der Waals surface area contributed by atoms with Crippen LogP contribution in [0.15, 0.2) is 78.9 Å². The molecule has 39 heavy (non-hydrogen) atoms. The van der Waals surface area contributed by atoms with Gasteiger partial charge >= 0.3 is 12.1 Å². The van der Waals surface area contributed by atoms with Crippen LogP contribution in [0, 0.1) is 5.41 Å². The summed E-state index contributed by atoms with van der Waals surface area (Å²) in [7, 11) is 1.25. The van der Waals surface area contributed by atoms with E-state index in [1.807, 2.05) is 54.6 Å². The Kier molecular flexibility index (Phi) is 7.79. The van der Waals surface area contributed by atoms with E-state index in [2.05, 4.69) is 24.3 Å². The fourth-order valence-electron chi connectivity index (χ4n) is 6.03. The van der Waals surface area contributed by atoms with Crippen LogP contribution in [0.1, 0.15) is 41.9 Å². The van der Waals surface area contributed by atoms with E-state index in [1.165, 1.54) is 12.0 Å². The maximum absolute atomic E-state index is 13.6. The second-order valence-corrected chi connectivity index (χ2v) is 10.4. The van der Waals surface area contributed by atoms with Crippen molar-refractivity contribution in [2.45, 2.75) is 37.6 Å². The third-order valence-electron chi connectivity index (χ3n) is 8.01. The number of Topliss-reactive ketones (excluding diaryl/α,β-unsaturated/α-hetero) is 1. The number of aliphatic hydroxyl groups excluding tert-OH is 1. The number of benzene rings is 3. The highest BCUT2D eigenvalue weighted by molar-refractivity contribution is 5.92. The molecule has 1 fully saturated rings. The number of carbonyl (C=O) groups excluding carboxylic acids is 3. The van der Waals surface area contributed by atoms with Crippen molar-refractivity contribution < 1.29 is 29.0 Å². The molecule has 1 amide bonds. The summed E-state index contributed by atoms with van der Waals surface area (Å²) in [5, 5.41) is 10.3. The number of hydrogen-bond acceptors (Lipinski definition) is 6. The Balaban J connectivity index is 1.29. The minimum Gasteiger partial charge on any atom is -0.469 e. The van der Waals surface area contributed by atoms with Gasteiger partial charge in [-0.2, -0.15) is 0 Å². The first-order valence-electron chi connectivity index (χ1n) is 13.3. The first-order chi connectivity index (χ1) is 19.0. The molecule has 2 aliphatic rings. The van der Waals surface area contributed by atoms with Crippen molar-refractivity contribution in [3.8, 4) is 11.1 Å². The summed E-state index contributed by atoms with van der Waals surface area (Å²) in [6.07, 6.45) is 0.521. The van der Waals surface area contributed by atoms with Gasteiger partial charge in [-0.1, -0.05) is 78.9 Å². The molecular formula is C32H33NO6. The Morgan fingerprint density at radius 2 is 1.54 bits per heavy atom. The molecule has 0 bridgehead atoms. The van der Waals surface area contributed by atoms with E-state index < -0.39 is 30.1 Å². The van der Waals surface area contributed by atoms with Crippen LogP contribution >= 0.6 is 0 Å². The summed E-state index contributed by atoms with van der Waals surface area (Å²) < 4.78 is 10.8. The maximum atomic E-state index is 13.6. The van der Waals surface area contributed by atoms with E-state index in [0.29, 0.717) is 19.4 Å². The molecule has 1 aliphatic heterocycles. The molecule has 5 rings (SSSR count). The molecule has 7 nitrogen and oxygen atoms in total. The molecule has 202 valence electrons. The molecule has 0 unspecified atom stereocenters. The molecule has 0 aromatic heterocycles. The zero-order valence-corrected chi connectivity index (χ0v) is 22.0. The van der Waals surface area contributed by atoms with Crippen LogP contribution in [0.4, 0.5) is 4.79 Å². The van der Waals surface area contributed by atoms with Gasteiger partial charge in [0, 0.05) is 18.9 Å². The first kappa shape index (κ1) is 26.6. The number of aliphatic hydroxyl groups is 1. The summed E-state index contributed by atoms with van der Waals surface area (Å²) >= 11 is 0. The molecular weight excluding hydrogens is 494 g/mol. The maximum Gasteiger partial charge on any atom is 0.410 e. The van der Waals surface area contributed by atoms with Gasteiger partial charge in [-0.15, -0.1) is 0 Å². The molecule has 7 heteroatoms. The average molecular weight is 528 g/mol. The Morgan fingerprint density at radius 1 is 0.923 bits per heavy atom. The first-order valence-corrected chi connectivity index (χ1v) is 13.3. The van der Waals surface area contributed by atoms with E-state index >= 15 is 0 Å². The lowest BCUT2D eigenvalue weighted by molar-refractivity contribution is -0.158. The highest BCUT2D eigenvalue weighted by atomic mass is 16.6. The molecule has 0 spiro atoms. The summed E-state index contributed by atoms with van der Waals surface area (Å²) in [4.78, 5) is 41.1. The number of methoxy groups -OCH3 is 1. The smallest absolute Gasteiger partial charge is 0.410 e. The molecule has 3 aromatic rings. The van der Waals surface area contributed by atoms with E-state index in [9.17, 15) is 19.5 Å². The van der Waals surface area contributed by atoms with Gasteiger partial charge in [-0.3, -0.25) is 14.5 Å². The fourth-order valence-corrected chi connectivity index (χ4v) is 6.03. The number of likely N-dealkylation sites (tertiary alicyclic amines) is 1. The molecule has 2 atom stereocenters. The summed E-state index contributed by atoms with van der Waals surface area (Å²) in [6.45, 7) is 0.0229. The highest BCUT2D eigenvalue weighted by Crippen LogP contribution is 2.44. The zero-order chi connectivity index (χ0) is 27.4. The van der Waals surface area contributed by atoms with Crippen LogP contribution in [0.5, 0.6) is 0 Å². The average Bonchev–Trinajstić information content (AvgIpc) is 3.59. The number of hydrogen-bond donors (Lipinski definition) is 1. The van der Waals surface area contributed by atoms with Crippen LogP contribution in [-0.4, -0.2) is 60.8 Å². The van der Waals surface area contributed by atoms with Gasteiger partial charge in [0.2, 0.25) is 0 Å². The van der Waals surface area contributed by atoms with E-state index in [4.69, 9.17) is 9.47 Å². The largest absolute Gasteiger partial charge is 0.469 e. The Bertz CT molecular complexity index is 1310. The number of rotatable bonds is 9. The van der Waals surface area contributed by atoms with E-state index in [1.54, 1.807) is 0 Å². The predicted molar refractivity (Wildman–Crippen MR) is 146 cm³/mol. The third-order valence-corrected chi connectivity index (χ3v) is 8.01. The zero-order valence-electron chi connectivity index (χ0n) is 22.0. The number of amides is 1. The molecule has 1 saturated heterocycles. The lowest BCUT2D eigenvalue weighted by Gasteiger charge is -2.31. The molecule has 0 saturated carbocycles. The van der Waals surface area contributed by atoms with Crippen LogP contribution in [-0.2, 0) is 25.5 Å². The van der Waals surface area contributed by atoms with Gasteiger partial charge in [-0.25, -0.2) is 4.79 Å². The van der Waals surface area contributed by atoms with Crippen molar-refractivity contribution in [2.24, 2.45) is 5.41 Å². The van der Waals surface area contributed by atoms with Crippen molar-refractivity contribution in [3.63, 3.8) is 0 Å². The van der Waals surface area contributed by atoms with Gasteiger partial charge in [0.25, 0.3) is 0 Å². The van der Waals surface area contributed by atoms with Gasteiger partial charge in [0.15, 0.2) is 5.78 Å². The molecule has 1 heterocycles. The molecule has 1 aliphatic carbocycles. The molecule has 0 radical (unpaired) electrons. The van der Waals surface area contributed by atoms with Crippen molar-refractivity contribution in [1.82, 2.24) is 4.90 Å². The van der Waals surface area contributed by atoms with Crippen molar-refractivity contribution in [1.29, 1.82) is 0 Å². The number of carbonyl (C=O) groups is 3. The van der Waals surface area contributed by atoms with Crippen LogP contribution < -0.4 is 0 Å². The minimum atomic E-state index is -1.43. The third kappa shape index (κ3) is 5.19. The lowest BCUT2D eigenvalue weighted by atomic mass is 9.76. The highest BCUT2D eigenvalue weighted by Gasteiger charge is 2.45. The Hall–Kier alpha value is -3.97. The second kappa shape index (κ2) is 11.4. The van der Waals surface area contributed by atoms with Gasteiger partial charge in [0.1, 0.15) is 12.0 Å². The minimum absolute atomic E-state index is 0.0784. The fraction of sp³-hybridized carbons (Fsp3) is 0.344. The van der Waals surface area contributed by atoms with Crippen molar-refractivity contribution >= 4 is 17.8 Å². The SMILES string of the molecule is COC(=O)[C@@](CO)(CC(=O)[C@@H]1CCCN1C(=O)OCC1c2ccccc2-c2ccccc21)Cc1ccccc1. The van der Waals surface area contributed by atoms with Crippen molar-refractivity contribution in [3.05, 3.63) is 95.6 Å². The van der Waals surface area contributed by atoms with Crippen LogP contribution in [0.2, 0.25) is 0 Å². The second-order valence-electron chi connectivity index (χ2n) is 10.4. The summed E-state index contributed by atoms with van der Waals surface area (Å²) in [6, 6.07) is 24.8. The normalized spacial score (nSPS) is 17.7. The summed E-state index contributed by atoms with van der Waals surface area (Å²) in [5.41, 5.74) is 3.90. The number of ether oxygens (including phenoxy) is 2. The predicted octanol–water partition coefficient (Wildman–Crippen LogP) is 4.75. The molecule has 1 N–H and O–H groups in total. The number of esters is 1. The van der Waals surface area contributed by atoms with Gasteiger partial charge in [-0.05, 0) is 47.1 Å². The van der Waals surface area contributed by atoms with Crippen LogP contribution in [0.25, 0.3) is 11.1 Å². The van der Waals surface area contributed by atoms with Crippen molar-refractivity contribution in [2.75, 3.05) is 26.9 Å². The quantitative estimate of drug-likeness (QED) is 0.404. The van der Waals surface area contributed by atoms with Crippen LogP contribution in [0.3, 0.4) is 0 Å².